The number of pyridine rings is 1. The SMILES string of the molecule is Cc1cc(=O)cc(-c2cccc3c2CCC3)[nH]1. The van der Waals surface area contributed by atoms with Gasteiger partial charge in [-0.2, -0.15) is 0 Å². The van der Waals surface area contributed by atoms with Gasteiger partial charge in [0.25, 0.3) is 0 Å². The summed E-state index contributed by atoms with van der Waals surface area (Å²) in [6, 6.07) is 9.71. The molecule has 17 heavy (non-hydrogen) atoms. The van der Waals surface area contributed by atoms with Gasteiger partial charge in [-0.3, -0.25) is 4.79 Å². The minimum atomic E-state index is 0.0758. The van der Waals surface area contributed by atoms with Crippen molar-refractivity contribution in [3.8, 4) is 11.3 Å². The van der Waals surface area contributed by atoms with E-state index in [1.807, 2.05) is 6.92 Å². The fourth-order valence-electron chi connectivity index (χ4n) is 2.70. The Morgan fingerprint density at radius 1 is 1.18 bits per heavy atom. The highest BCUT2D eigenvalue weighted by molar-refractivity contribution is 5.66. The lowest BCUT2D eigenvalue weighted by Crippen LogP contribution is -2.02. The normalized spacial score (nSPS) is 13.7. The molecule has 0 atom stereocenters. The third-order valence-electron chi connectivity index (χ3n) is 3.41. The smallest absolute Gasteiger partial charge is 0.182 e. The molecule has 0 fully saturated rings. The van der Waals surface area contributed by atoms with E-state index in [2.05, 4.69) is 23.2 Å². The van der Waals surface area contributed by atoms with Crippen molar-refractivity contribution in [1.29, 1.82) is 0 Å². The van der Waals surface area contributed by atoms with Crippen molar-refractivity contribution in [2.45, 2.75) is 26.2 Å². The summed E-state index contributed by atoms with van der Waals surface area (Å²) in [6.07, 6.45) is 3.52. The van der Waals surface area contributed by atoms with E-state index in [-0.39, 0.29) is 5.43 Å². The molecule has 1 aromatic carbocycles. The summed E-state index contributed by atoms with van der Waals surface area (Å²) in [5.74, 6) is 0. The van der Waals surface area contributed by atoms with Crippen molar-refractivity contribution >= 4 is 0 Å². The fraction of sp³-hybridized carbons (Fsp3) is 0.267. The Morgan fingerprint density at radius 3 is 2.88 bits per heavy atom. The molecule has 86 valence electrons. The molecule has 0 amide bonds. The number of H-pyrrole nitrogens is 1. The first kappa shape index (κ1) is 10.3. The van der Waals surface area contributed by atoms with Crippen LogP contribution in [0.4, 0.5) is 0 Å². The van der Waals surface area contributed by atoms with E-state index in [0.717, 1.165) is 17.8 Å². The number of fused-ring (bicyclic) bond motifs is 1. The minimum Gasteiger partial charge on any atom is -0.358 e. The van der Waals surface area contributed by atoms with E-state index < -0.39 is 0 Å². The molecule has 0 radical (unpaired) electrons. The molecule has 0 aliphatic heterocycles. The maximum atomic E-state index is 11.6. The van der Waals surface area contributed by atoms with Crippen LogP contribution < -0.4 is 5.43 Å². The molecule has 1 heterocycles. The van der Waals surface area contributed by atoms with Gasteiger partial charge in [-0.1, -0.05) is 18.2 Å². The van der Waals surface area contributed by atoms with Crippen LogP contribution in [0.5, 0.6) is 0 Å². The highest BCUT2D eigenvalue weighted by atomic mass is 16.1. The molecular formula is C15H15NO. The first-order valence-corrected chi connectivity index (χ1v) is 6.06. The highest BCUT2D eigenvalue weighted by Gasteiger charge is 2.15. The van der Waals surface area contributed by atoms with Crippen molar-refractivity contribution in [1.82, 2.24) is 4.98 Å². The van der Waals surface area contributed by atoms with Crippen LogP contribution in [0.2, 0.25) is 0 Å². The number of aromatic amines is 1. The number of hydrogen-bond donors (Lipinski definition) is 1. The lowest BCUT2D eigenvalue weighted by atomic mass is 10.0. The van der Waals surface area contributed by atoms with E-state index in [1.165, 1.54) is 29.5 Å². The third kappa shape index (κ3) is 1.80. The van der Waals surface area contributed by atoms with Crippen molar-refractivity contribution in [2.24, 2.45) is 0 Å². The van der Waals surface area contributed by atoms with Crippen molar-refractivity contribution < 1.29 is 0 Å². The Hall–Kier alpha value is -1.83. The zero-order valence-corrected chi connectivity index (χ0v) is 9.92. The molecule has 0 saturated heterocycles. The average Bonchev–Trinajstić information content (AvgIpc) is 2.75. The average molecular weight is 225 g/mol. The summed E-state index contributed by atoms with van der Waals surface area (Å²) in [4.78, 5) is 14.9. The van der Waals surface area contributed by atoms with Crippen LogP contribution in [0.25, 0.3) is 11.3 Å². The van der Waals surface area contributed by atoms with Crippen LogP contribution in [0, 0.1) is 6.92 Å². The number of nitrogens with one attached hydrogen (secondary N) is 1. The van der Waals surface area contributed by atoms with E-state index >= 15 is 0 Å². The minimum absolute atomic E-state index is 0.0758. The van der Waals surface area contributed by atoms with Crippen LogP contribution in [0.1, 0.15) is 23.2 Å². The molecule has 0 unspecified atom stereocenters. The zero-order chi connectivity index (χ0) is 11.8. The summed E-state index contributed by atoms with van der Waals surface area (Å²) >= 11 is 0. The molecule has 2 heteroatoms. The Kier molecular flexibility index (Phi) is 2.36. The van der Waals surface area contributed by atoms with Gasteiger partial charge in [0.2, 0.25) is 0 Å². The van der Waals surface area contributed by atoms with Gasteiger partial charge in [-0.25, -0.2) is 0 Å². The van der Waals surface area contributed by atoms with E-state index in [0.29, 0.717) is 0 Å². The number of aryl methyl sites for hydroxylation is 2. The van der Waals surface area contributed by atoms with Gasteiger partial charge in [0.1, 0.15) is 0 Å². The van der Waals surface area contributed by atoms with Gasteiger partial charge in [0.05, 0.1) is 0 Å². The monoisotopic (exact) mass is 225 g/mol. The first-order chi connectivity index (χ1) is 8.24. The summed E-state index contributed by atoms with van der Waals surface area (Å²) in [5, 5.41) is 0. The quantitative estimate of drug-likeness (QED) is 0.795. The number of benzene rings is 1. The molecule has 0 saturated carbocycles. The van der Waals surface area contributed by atoms with Crippen LogP contribution in [-0.2, 0) is 12.8 Å². The Morgan fingerprint density at radius 2 is 2.06 bits per heavy atom. The largest absolute Gasteiger partial charge is 0.358 e. The number of aromatic nitrogens is 1. The molecule has 2 nitrogen and oxygen atoms in total. The zero-order valence-electron chi connectivity index (χ0n) is 9.92. The Labute approximate surface area is 100 Å². The predicted octanol–water partition coefficient (Wildman–Crippen LogP) is 2.84. The van der Waals surface area contributed by atoms with Crippen LogP contribution >= 0.6 is 0 Å². The molecule has 1 aromatic heterocycles. The maximum absolute atomic E-state index is 11.6. The fourth-order valence-corrected chi connectivity index (χ4v) is 2.70. The highest BCUT2D eigenvalue weighted by Crippen LogP contribution is 2.30. The van der Waals surface area contributed by atoms with E-state index in [4.69, 9.17) is 0 Å². The summed E-state index contributed by atoms with van der Waals surface area (Å²) in [5.41, 5.74) is 5.99. The molecular weight excluding hydrogens is 210 g/mol. The summed E-state index contributed by atoms with van der Waals surface area (Å²) in [7, 11) is 0. The third-order valence-corrected chi connectivity index (χ3v) is 3.41. The Bertz CT molecular complexity index is 625. The van der Waals surface area contributed by atoms with E-state index in [1.54, 1.807) is 12.1 Å². The summed E-state index contributed by atoms with van der Waals surface area (Å²) < 4.78 is 0. The Balaban J connectivity index is 2.22. The van der Waals surface area contributed by atoms with Gasteiger partial charge >= 0.3 is 0 Å². The van der Waals surface area contributed by atoms with Crippen LogP contribution in [0.3, 0.4) is 0 Å². The second-order valence-corrected chi connectivity index (χ2v) is 4.71. The second kappa shape index (κ2) is 3.88. The van der Waals surface area contributed by atoms with Crippen molar-refractivity contribution in [2.75, 3.05) is 0 Å². The molecule has 3 rings (SSSR count). The lowest BCUT2D eigenvalue weighted by molar-refractivity contribution is 0.912. The van der Waals surface area contributed by atoms with Gasteiger partial charge in [-0.15, -0.1) is 0 Å². The molecule has 0 bridgehead atoms. The molecule has 1 aliphatic rings. The van der Waals surface area contributed by atoms with Crippen molar-refractivity contribution in [3.63, 3.8) is 0 Å². The molecule has 1 aliphatic carbocycles. The first-order valence-electron chi connectivity index (χ1n) is 6.06. The van der Waals surface area contributed by atoms with Crippen LogP contribution in [-0.4, -0.2) is 4.98 Å². The van der Waals surface area contributed by atoms with Crippen molar-refractivity contribution in [3.05, 3.63) is 57.4 Å². The van der Waals surface area contributed by atoms with Gasteiger partial charge in [0.15, 0.2) is 5.43 Å². The molecule has 0 spiro atoms. The summed E-state index contributed by atoms with van der Waals surface area (Å²) in [6.45, 7) is 1.92. The molecule has 2 aromatic rings. The maximum Gasteiger partial charge on any atom is 0.182 e. The molecule has 1 N–H and O–H groups in total. The van der Waals surface area contributed by atoms with Gasteiger partial charge < -0.3 is 4.98 Å². The topological polar surface area (TPSA) is 32.9 Å². The van der Waals surface area contributed by atoms with Gasteiger partial charge in [0, 0.05) is 29.1 Å². The number of rotatable bonds is 1. The van der Waals surface area contributed by atoms with Gasteiger partial charge in [-0.05, 0) is 37.3 Å². The van der Waals surface area contributed by atoms with Crippen LogP contribution in [0.15, 0.2) is 35.1 Å². The standard InChI is InChI=1S/C15H15NO/c1-10-8-12(17)9-15(16-10)14-7-3-5-11-4-2-6-13(11)14/h3,5,7-9H,2,4,6H2,1H3,(H,16,17). The van der Waals surface area contributed by atoms with E-state index in [9.17, 15) is 4.79 Å². The lowest BCUT2D eigenvalue weighted by Gasteiger charge is -2.09. The number of hydrogen-bond acceptors (Lipinski definition) is 1. The predicted molar refractivity (Wildman–Crippen MR) is 69.3 cm³/mol. The second-order valence-electron chi connectivity index (χ2n) is 4.71.